The lowest BCUT2D eigenvalue weighted by Crippen LogP contribution is -2.30. The van der Waals surface area contributed by atoms with Crippen LogP contribution in [0, 0.1) is 11.3 Å². The summed E-state index contributed by atoms with van der Waals surface area (Å²) in [6.07, 6.45) is 0.894. The van der Waals surface area contributed by atoms with E-state index in [1.54, 1.807) is 16.8 Å². The average Bonchev–Trinajstić information content (AvgIpc) is 2.87. The molecule has 1 aromatic heterocycles. The molecule has 0 aliphatic carbocycles. The van der Waals surface area contributed by atoms with Crippen molar-refractivity contribution in [2.24, 2.45) is 4.99 Å². The Morgan fingerprint density at radius 2 is 2.04 bits per heavy atom. The van der Waals surface area contributed by atoms with Crippen LogP contribution in [-0.4, -0.2) is 27.9 Å². The molecule has 3 rings (SSSR count). The molecule has 6 heteroatoms. The van der Waals surface area contributed by atoms with E-state index in [1.165, 1.54) is 0 Å². The number of aryl methyl sites for hydroxylation is 1. The average molecular weight is 335 g/mol. The van der Waals surface area contributed by atoms with Gasteiger partial charge in [-0.2, -0.15) is 10.4 Å². The molecule has 1 aromatic carbocycles. The molecule has 0 saturated carbocycles. The first-order valence-electron chi connectivity index (χ1n) is 8.52. The van der Waals surface area contributed by atoms with Gasteiger partial charge in [-0.25, -0.2) is 4.99 Å². The summed E-state index contributed by atoms with van der Waals surface area (Å²) in [6, 6.07) is 9.35. The molecule has 2 heterocycles. The van der Waals surface area contributed by atoms with Gasteiger partial charge in [0.2, 0.25) is 0 Å². The number of rotatable bonds is 4. The van der Waals surface area contributed by atoms with Crippen molar-refractivity contribution in [1.29, 1.82) is 5.26 Å². The highest BCUT2D eigenvalue weighted by Crippen LogP contribution is 2.32. The summed E-state index contributed by atoms with van der Waals surface area (Å²) in [5.41, 5.74) is 4.31. The number of fused-ring (bicyclic) bond motifs is 1. The normalized spacial score (nSPS) is 13.7. The van der Waals surface area contributed by atoms with Crippen LogP contribution < -0.4 is 5.32 Å². The minimum absolute atomic E-state index is 0.143. The monoisotopic (exact) mass is 335 g/mol. The minimum Gasteiger partial charge on any atom is -0.345 e. The quantitative estimate of drug-likeness (QED) is 0.931. The van der Waals surface area contributed by atoms with Gasteiger partial charge in [-0.15, -0.1) is 0 Å². The molecule has 0 spiro atoms. The molecular weight excluding hydrogens is 314 g/mol. The van der Waals surface area contributed by atoms with E-state index >= 15 is 0 Å². The van der Waals surface area contributed by atoms with Crippen LogP contribution in [0.5, 0.6) is 0 Å². The van der Waals surface area contributed by atoms with Crippen molar-refractivity contribution in [3.63, 3.8) is 0 Å². The largest absolute Gasteiger partial charge is 0.345 e. The van der Waals surface area contributed by atoms with Gasteiger partial charge in [-0.05, 0) is 30.0 Å². The summed E-state index contributed by atoms with van der Waals surface area (Å²) < 4.78 is 1.77. The molecule has 1 amide bonds. The molecule has 0 saturated heterocycles. The van der Waals surface area contributed by atoms with E-state index in [-0.39, 0.29) is 11.8 Å². The van der Waals surface area contributed by atoms with Gasteiger partial charge < -0.3 is 5.32 Å². The molecule has 1 N–H and O–H groups in total. The predicted molar refractivity (Wildman–Crippen MR) is 96.3 cm³/mol. The zero-order valence-corrected chi connectivity index (χ0v) is 14.7. The lowest BCUT2D eigenvalue weighted by molar-refractivity contribution is 0.0950. The van der Waals surface area contributed by atoms with E-state index in [0.717, 1.165) is 23.4 Å². The van der Waals surface area contributed by atoms with Crippen LogP contribution >= 0.6 is 0 Å². The minimum atomic E-state index is -0.143. The van der Waals surface area contributed by atoms with Crippen LogP contribution in [0.2, 0.25) is 0 Å². The zero-order valence-electron chi connectivity index (χ0n) is 14.7. The number of carbonyl (C=O) groups excluding carboxylic acids is 1. The summed E-state index contributed by atoms with van der Waals surface area (Å²) in [6.45, 7) is 7.20. The lowest BCUT2D eigenvalue weighted by Gasteiger charge is -2.07. The first kappa shape index (κ1) is 16.9. The Morgan fingerprint density at radius 3 is 2.64 bits per heavy atom. The van der Waals surface area contributed by atoms with Gasteiger partial charge in [0, 0.05) is 6.54 Å². The van der Waals surface area contributed by atoms with Gasteiger partial charge in [0.25, 0.3) is 5.91 Å². The molecule has 0 fully saturated rings. The summed E-state index contributed by atoms with van der Waals surface area (Å²) in [7, 11) is 0. The van der Waals surface area contributed by atoms with Gasteiger partial charge in [-0.1, -0.05) is 32.9 Å². The van der Waals surface area contributed by atoms with Crippen LogP contribution in [0.25, 0.3) is 0 Å². The molecule has 0 atom stereocenters. The standard InChI is InChI=1S/C19H21N5O/c1-4-9-24-18-17(16(23-24)12(2)3)22-15(11-21-19(18)25)14-7-5-13(10-20)6-8-14/h5-8,12H,4,9,11H2,1-3H3,(H,21,25). The Bertz CT molecular complexity index is 868. The maximum absolute atomic E-state index is 12.6. The van der Waals surface area contributed by atoms with Crippen LogP contribution in [0.3, 0.4) is 0 Å². The number of nitrogens with zero attached hydrogens (tertiary/aromatic N) is 4. The Balaban J connectivity index is 2.13. The van der Waals surface area contributed by atoms with Crippen molar-refractivity contribution in [3.8, 4) is 6.07 Å². The van der Waals surface area contributed by atoms with Crippen molar-refractivity contribution in [2.75, 3.05) is 6.54 Å². The van der Waals surface area contributed by atoms with E-state index in [4.69, 9.17) is 10.3 Å². The molecule has 0 unspecified atom stereocenters. The molecule has 2 aromatic rings. The van der Waals surface area contributed by atoms with Gasteiger partial charge in [0.1, 0.15) is 5.69 Å². The van der Waals surface area contributed by atoms with E-state index in [2.05, 4.69) is 37.3 Å². The van der Waals surface area contributed by atoms with Crippen molar-refractivity contribution < 1.29 is 4.79 Å². The first-order valence-corrected chi connectivity index (χ1v) is 8.52. The second-order valence-electron chi connectivity index (χ2n) is 6.39. The third-order valence-corrected chi connectivity index (χ3v) is 4.16. The number of hydrogen-bond acceptors (Lipinski definition) is 4. The van der Waals surface area contributed by atoms with Gasteiger partial charge in [0.05, 0.1) is 29.6 Å². The summed E-state index contributed by atoms with van der Waals surface area (Å²) in [5, 5.41) is 16.5. The molecule has 0 radical (unpaired) electrons. The number of benzene rings is 1. The molecule has 0 bridgehead atoms. The fraction of sp³-hybridized carbons (Fsp3) is 0.368. The van der Waals surface area contributed by atoms with E-state index in [1.807, 2.05) is 12.1 Å². The summed E-state index contributed by atoms with van der Waals surface area (Å²) in [5.74, 6) is 0.0268. The van der Waals surface area contributed by atoms with Crippen molar-refractivity contribution in [2.45, 2.75) is 39.7 Å². The molecule has 1 aliphatic heterocycles. The van der Waals surface area contributed by atoms with Gasteiger partial charge >= 0.3 is 0 Å². The number of hydrogen-bond donors (Lipinski definition) is 1. The van der Waals surface area contributed by atoms with Crippen LogP contribution in [0.15, 0.2) is 29.3 Å². The first-order chi connectivity index (χ1) is 12.0. The Kier molecular flexibility index (Phi) is 4.66. The van der Waals surface area contributed by atoms with Crippen LogP contribution in [0.4, 0.5) is 5.69 Å². The topological polar surface area (TPSA) is 83.1 Å². The second kappa shape index (κ2) is 6.89. The number of nitrogens with one attached hydrogen (secondary N) is 1. The number of carbonyl (C=O) groups is 1. The highest BCUT2D eigenvalue weighted by atomic mass is 16.2. The molecule has 128 valence electrons. The Morgan fingerprint density at radius 1 is 1.32 bits per heavy atom. The Labute approximate surface area is 147 Å². The molecule has 25 heavy (non-hydrogen) atoms. The van der Waals surface area contributed by atoms with Crippen LogP contribution in [-0.2, 0) is 6.54 Å². The third kappa shape index (κ3) is 3.18. The number of nitriles is 1. The van der Waals surface area contributed by atoms with E-state index in [0.29, 0.717) is 30.0 Å². The zero-order chi connectivity index (χ0) is 18.0. The predicted octanol–water partition coefficient (Wildman–Crippen LogP) is 3.15. The van der Waals surface area contributed by atoms with Crippen molar-refractivity contribution in [3.05, 3.63) is 46.8 Å². The van der Waals surface area contributed by atoms with Crippen molar-refractivity contribution >= 4 is 17.3 Å². The fourth-order valence-corrected chi connectivity index (χ4v) is 2.89. The highest BCUT2D eigenvalue weighted by Gasteiger charge is 2.27. The fourth-order valence-electron chi connectivity index (χ4n) is 2.89. The SMILES string of the molecule is CCCn1nc(C(C)C)c2c1C(=O)NCC(c1ccc(C#N)cc1)=N2. The van der Waals surface area contributed by atoms with Crippen LogP contribution in [0.1, 0.15) is 60.4 Å². The lowest BCUT2D eigenvalue weighted by atomic mass is 10.1. The van der Waals surface area contributed by atoms with Crippen molar-refractivity contribution in [1.82, 2.24) is 15.1 Å². The third-order valence-electron chi connectivity index (χ3n) is 4.16. The maximum atomic E-state index is 12.6. The Hall–Kier alpha value is -2.94. The summed E-state index contributed by atoms with van der Waals surface area (Å²) >= 11 is 0. The smallest absolute Gasteiger partial charge is 0.272 e. The molecule has 1 aliphatic rings. The molecular formula is C19H21N5O. The van der Waals surface area contributed by atoms with Gasteiger partial charge in [0.15, 0.2) is 5.69 Å². The number of aromatic nitrogens is 2. The highest BCUT2D eigenvalue weighted by molar-refractivity contribution is 6.10. The summed E-state index contributed by atoms with van der Waals surface area (Å²) in [4.78, 5) is 17.4. The maximum Gasteiger partial charge on any atom is 0.272 e. The van der Waals surface area contributed by atoms with E-state index < -0.39 is 0 Å². The number of aliphatic imine (C=N–C) groups is 1. The van der Waals surface area contributed by atoms with E-state index in [9.17, 15) is 4.79 Å². The van der Waals surface area contributed by atoms with Gasteiger partial charge in [-0.3, -0.25) is 9.48 Å². The number of amides is 1. The second-order valence-corrected chi connectivity index (χ2v) is 6.39. The molecule has 6 nitrogen and oxygen atoms in total.